The average Bonchev–Trinajstić information content (AvgIpc) is 3.14. The molecule has 3 rings (SSSR count). The van der Waals surface area contributed by atoms with Crippen molar-refractivity contribution in [2.24, 2.45) is 5.14 Å². The first-order chi connectivity index (χ1) is 11.9. The summed E-state index contributed by atoms with van der Waals surface area (Å²) < 4.78 is 22.5. The number of aromatic amines is 1. The molecule has 0 spiro atoms. The van der Waals surface area contributed by atoms with Crippen molar-refractivity contribution >= 4 is 21.8 Å². The topological polar surface area (TPSA) is 117 Å². The van der Waals surface area contributed by atoms with E-state index in [1.807, 2.05) is 0 Å². The maximum absolute atomic E-state index is 12.5. The van der Waals surface area contributed by atoms with Crippen molar-refractivity contribution in [2.45, 2.75) is 4.90 Å². The Bertz CT molecular complexity index is 867. The first-order valence-corrected chi connectivity index (χ1v) is 9.26. The highest BCUT2D eigenvalue weighted by molar-refractivity contribution is 7.89. The zero-order valence-electron chi connectivity index (χ0n) is 13.4. The van der Waals surface area contributed by atoms with Crippen LogP contribution < -0.4 is 5.14 Å². The smallest absolute Gasteiger partial charge is 0.270 e. The van der Waals surface area contributed by atoms with Crippen molar-refractivity contribution in [3.63, 3.8) is 0 Å². The number of carbonyl (C=O) groups is 2. The Balaban J connectivity index is 1.63. The zero-order chi connectivity index (χ0) is 18.0. The van der Waals surface area contributed by atoms with Gasteiger partial charge in [-0.15, -0.1) is 0 Å². The van der Waals surface area contributed by atoms with Crippen LogP contribution in [0.4, 0.5) is 0 Å². The number of nitrogens with two attached hydrogens (primary N) is 1. The van der Waals surface area contributed by atoms with Gasteiger partial charge in [0.1, 0.15) is 5.69 Å². The van der Waals surface area contributed by atoms with Gasteiger partial charge in [0.05, 0.1) is 4.90 Å². The largest absolute Gasteiger partial charge is 0.357 e. The van der Waals surface area contributed by atoms with E-state index in [0.717, 1.165) is 0 Å². The van der Waals surface area contributed by atoms with Gasteiger partial charge >= 0.3 is 0 Å². The number of hydrogen-bond donors (Lipinski definition) is 2. The fourth-order valence-electron chi connectivity index (χ4n) is 2.72. The lowest BCUT2D eigenvalue weighted by Crippen LogP contribution is -2.50. The van der Waals surface area contributed by atoms with E-state index in [2.05, 4.69) is 4.98 Å². The van der Waals surface area contributed by atoms with E-state index in [0.29, 0.717) is 37.4 Å². The van der Waals surface area contributed by atoms with Crippen molar-refractivity contribution in [3.8, 4) is 0 Å². The third-order valence-corrected chi connectivity index (χ3v) is 5.04. The molecular weight excluding hydrogens is 344 g/mol. The van der Waals surface area contributed by atoms with Crippen LogP contribution in [0.25, 0.3) is 0 Å². The quantitative estimate of drug-likeness (QED) is 0.814. The van der Waals surface area contributed by atoms with Crippen LogP contribution in [0.5, 0.6) is 0 Å². The van der Waals surface area contributed by atoms with Gasteiger partial charge in [-0.25, -0.2) is 13.6 Å². The van der Waals surface area contributed by atoms with Gasteiger partial charge in [-0.2, -0.15) is 0 Å². The van der Waals surface area contributed by atoms with E-state index in [9.17, 15) is 18.0 Å². The zero-order valence-corrected chi connectivity index (χ0v) is 14.2. The van der Waals surface area contributed by atoms with E-state index in [1.165, 1.54) is 24.3 Å². The van der Waals surface area contributed by atoms with Crippen molar-refractivity contribution in [1.29, 1.82) is 0 Å². The summed E-state index contributed by atoms with van der Waals surface area (Å²) in [6.07, 6.45) is 1.69. The summed E-state index contributed by atoms with van der Waals surface area (Å²) in [6, 6.07) is 8.99. The molecule has 0 saturated carbocycles. The number of aromatic nitrogens is 1. The number of nitrogens with zero attached hydrogens (tertiary/aromatic N) is 2. The van der Waals surface area contributed by atoms with E-state index in [1.54, 1.807) is 28.1 Å². The number of rotatable bonds is 3. The van der Waals surface area contributed by atoms with E-state index in [-0.39, 0.29) is 16.7 Å². The Morgan fingerprint density at radius 2 is 1.48 bits per heavy atom. The first kappa shape index (κ1) is 17.2. The second-order valence-electron chi connectivity index (χ2n) is 5.74. The Labute approximate surface area is 145 Å². The number of nitrogens with one attached hydrogen (secondary N) is 1. The van der Waals surface area contributed by atoms with Gasteiger partial charge in [0, 0.05) is 37.9 Å². The van der Waals surface area contributed by atoms with Crippen LogP contribution in [-0.2, 0) is 10.0 Å². The lowest BCUT2D eigenvalue weighted by atomic mass is 10.2. The lowest BCUT2D eigenvalue weighted by Gasteiger charge is -2.34. The Kier molecular flexibility index (Phi) is 4.60. The number of primary sulfonamides is 1. The molecule has 0 atom stereocenters. The summed E-state index contributed by atoms with van der Waals surface area (Å²) in [5.74, 6) is -0.289. The van der Waals surface area contributed by atoms with Crippen LogP contribution in [0.3, 0.4) is 0 Å². The SMILES string of the molecule is NS(=O)(=O)c1ccc(C(=O)N2CCN(C(=O)c3ccc[nH]3)CC2)cc1. The molecule has 0 aliphatic carbocycles. The van der Waals surface area contributed by atoms with Gasteiger partial charge in [0.2, 0.25) is 10.0 Å². The normalized spacial score (nSPS) is 15.2. The molecule has 132 valence electrons. The Hall–Kier alpha value is -2.65. The Morgan fingerprint density at radius 1 is 0.920 bits per heavy atom. The standard InChI is InChI=1S/C16H18N4O4S/c17-25(23,24)13-5-3-12(4-6-13)15(21)19-8-10-20(11-9-19)16(22)14-2-1-7-18-14/h1-7,18H,8-11H2,(H2,17,23,24). The third kappa shape index (κ3) is 3.72. The molecule has 1 aromatic heterocycles. The number of H-pyrrole nitrogens is 1. The van der Waals surface area contributed by atoms with Crippen LogP contribution in [0, 0.1) is 0 Å². The van der Waals surface area contributed by atoms with Gasteiger partial charge in [-0.3, -0.25) is 9.59 Å². The molecule has 1 aliphatic rings. The number of hydrogen-bond acceptors (Lipinski definition) is 4. The minimum Gasteiger partial charge on any atom is -0.357 e. The molecule has 2 heterocycles. The number of benzene rings is 1. The summed E-state index contributed by atoms with van der Waals surface area (Å²) in [5, 5.41) is 5.05. The molecule has 1 aliphatic heterocycles. The van der Waals surface area contributed by atoms with Crippen molar-refractivity contribution < 1.29 is 18.0 Å². The number of sulfonamides is 1. The second-order valence-corrected chi connectivity index (χ2v) is 7.30. The van der Waals surface area contributed by atoms with Crippen LogP contribution in [0.2, 0.25) is 0 Å². The van der Waals surface area contributed by atoms with E-state index >= 15 is 0 Å². The molecule has 0 radical (unpaired) electrons. The Morgan fingerprint density at radius 3 is 1.96 bits per heavy atom. The highest BCUT2D eigenvalue weighted by atomic mass is 32.2. The number of piperazine rings is 1. The molecule has 1 aromatic carbocycles. The molecule has 0 unspecified atom stereocenters. The molecule has 1 fully saturated rings. The summed E-state index contributed by atoms with van der Waals surface area (Å²) in [7, 11) is -3.78. The van der Waals surface area contributed by atoms with Crippen molar-refractivity contribution in [1.82, 2.24) is 14.8 Å². The number of carbonyl (C=O) groups excluding carboxylic acids is 2. The minimum atomic E-state index is -3.78. The number of amides is 2. The van der Waals surface area contributed by atoms with E-state index < -0.39 is 10.0 Å². The molecular formula is C16H18N4O4S. The van der Waals surface area contributed by atoms with Crippen molar-refractivity contribution in [2.75, 3.05) is 26.2 Å². The fourth-order valence-corrected chi connectivity index (χ4v) is 3.23. The predicted octanol–water partition coefficient (Wildman–Crippen LogP) is 0.260. The molecule has 1 saturated heterocycles. The van der Waals surface area contributed by atoms with Crippen LogP contribution >= 0.6 is 0 Å². The lowest BCUT2D eigenvalue weighted by molar-refractivity contribution is 0.0532. The molecule has 2 aromatic rings. The highest BCUT2D eigenvalue weighted by Crippen LogP contribution is 2.13. The maximum Gasteiger partial charge on any atom is 0.270 e. The van der Waals surface area contributed by atoms with Gasteiger partial charge in [-0.1, -0.05) is 0 Å². The average molecular weight is 362 g/mol. The molecule has 0 bridgehead atoms. The fraction of sp³-hybridized carbons (Fsp3) is 0.250. The third-order valence-electron chi connectivity index (χ3n) is 4.11. The molecule has 8 nitrogen and oxygen atoms in total. The van der Waals surface area contributed by atoms with Crippen molar-refractivity contribution in [3.05, 3.63) is 53.9 Å². The minimum absolute atomic E-state index is 0.0367. The summed E-state index contributed by atoms with van der Waals surface area (Å²) in [4.78, 5) is 30.9. The van der Waals surface area contributed by atoms with Gasteiger partial charge < -0.3 is 14.8 Å². The summed E-state index contributed by atoms with van der Waals surface area (Å²) in [5.41, 5.74) is 0.912. The molecule has 3 N–H and O–H groups in total. The maximum atomic E-state index is 12.5. The first-order valence-electron chi connectivity index (χ1n) is 7.71. The van der Waals surface area contributed by atoms with Crippen LogP contribution in [0.15, 0.2) is 47.5 Å². The van der Waals surface area contributed by atoms with Gasteiger partial charge in [-0.05, 0) is 36.4 Å². The predicted molar refractivity (Wildman–Crippen MR) is 90.4 cm³/mol. The van der Waals surface area contributed by atoms with Crippen LogP contribution in [-0.4, -0.2) is 61.2 Å². The monoisotopic (exact) mass is 362 g/mol. The molecule has 9 heteroatoms. The van der Waals surface area contributed by atoms with Gasteiger partial charge in [0.15, 0.2) is 0 Å². The molecule has 2 amide bonds. The highest BCUT2D eigenvalue weighted by Gasteiger charge is 2.26. The second kappa shape index (κ2) is 6.69. The molecule has 25 heavy (non-hydrogen) atoms. The van der Waals surface area contributed by atoms with Crippen LogP contribution in [0.1, 0.15) is 20.8 Å². The summed E-state index contributed by atoms with van der Waals surface area (Å²) in [6.45, 7) is 1.72. The van der Waals surface area contributed by atoms with Gasteiger partial charge in [0.25, 0.3) is 11.8 Å². The summed E-state index contributed by atoms with van der Waals surface area (Å²) >= 11 is 0. The van der Waals surface area contributed by atoms with E-state index in [4.69, 9.17) is 5.14 Å².